The van der Waals surface area contributed by atoms with Crippen LogP contribution in [0.3, 0.4) is 0 Å². The van der Waals surface area contributed by atoms with Crippen LogP contribution in [0.2, 0.25) is 5.15 Å². The van der Waals surface area contributed by atoms with Gasteiger partial charge in [0.2, 0.25) is 0 Å². The number of hydrogen-bond acceptors (Lipinski definition) is 4. The van der Waals surface area contributed by atoms with Gasteiger partial charge < -0.3 is 0 Å². The van der Waals surface area contributed by atoms with Gasteiger partial charge in [-0.2, -0.15) is 5.10 Å². The largest absolute Gasteiger partial charge is 0.292 e. The first-order chi connectivity index (χ1) is 8.27. The van der Waals surface area contributed by atoms with Crippen LogP contribution in [0.5, 0.6) is 0 Å². The molecule has 0 aliphatic heterocycles. The van der Waals surface area contributed by atoms with Gasteiger partial charge >= 0.3 is 0 Å². The lowest BCUT2D eigenvalue weighted by Gasteiger charge is -1.99. The molecule has 0 amide bonds. The molecule has 2 heterocycles. The summed E-state index contributed by atoms with van der Waals surface area (Å²) in [5, 5.41) is 13.8. The third kappa shape index (κ3) is 1.50. The fourth-order valence-electron chi connectivity index (χ4n) is 1.58. The third-order valence-electron chi connectivity index (χ3n) is 2.34. The van der Waals surface area contributed by atoms with Gasteiger partial charge in [-0.3, -0.25) is 4.79 Å². The maximum absolute atomic E-state index is 11.7. The molecule has 0 saturated carbocycles. The van der Waals surface area contributed by atoms with Crippen molar-refractivity contribution in [3.05, 3.63) is 45.8 Å². The Morgan fingerprint density at radius 3 is 2.76 bits per heavy atom. The quantitative estimate of drug-likeness (QED) is 0.700. The van der Waals surface area contributed by atoms with E-state index in [0.29, 0.717) is 5.52 Å². The zero-order chi connectivity index (χ0) is 11.8. The minimum Gasteiger partial charge on any atom is -0.265 e. The van der Waals surface area contributed by atoms with E-state index in [2.05, 4.69) is 20.5 Å². The van der Waals surface area contributed by atoms with E-state index in [1.807, 2.05) is 30.3 Å². The number of aromatic nitrogens is 5. The monoisotopic (exact) mass is 247 g/mol. The van der Waals surface area contributed by atoms with Gasteiger partial charge in [0, 0.05) is 0 Å². The van der Waals surface area contributed by atoms with Crippen LogP contribution in [0.4, 0.5) is 0 Å². The molecule has 7 heteroatoms. The van der Waals surface area contributed by atoms with Crippen molar-refractivity contribution in [3.8, 4) is 5.69 Å². The number of fused-ring (bicyclic) bond motifs is 1. The van der Waals surface area contributed by atoms with E-state index in [-0.39, 0.29) is 16.2 Å². The SMILES string of the molecule is O=c1[nH]nc(Cl)c2nnn(-c3ccccc3)c12. The zero-order valence-corrected chi connectivity index (χ0v) is 9.22. The highest BCUT2D eigenvalue weighted by Crippen LogP contribution is 2.17. The van der Waals surface area contributed by atoms with Crippen molar-refractivity contribution >= 4 is 22.6 Å². The Balaban J connectivity index is 2.40. The molecule has 17 heavy (non-hydrogen) atoms. The van der Waals surface area contributed by atoms with Crippen molar-refractivity contribution in [2.45, 2.75) is 0 Å². The predicted octanol–water partition coefficient (Wildman–Crippen LogP) is 1.16. The van der Waals surface area contributed by atoms with Gasteiger partial charge in [0.25, 0.3) is 5.56 Å². The van der Waals surface area contributed by atoms with Crippen LogP contribution in [0.25, 0.3) is 16.7 Å². The van der Waals surface area contributed by atoms with Crippen LogP contribution in [-0.4, -0.2) is 25.2 Å². The molecule has 0 bridgehead atoms. The van der Waals surface area contributed by atoms with E-state index < -0.39 is 0 Å². The summed E-state index contributed by atoms with van der Waals surface area (Å²) in [6.45, 7) is 0. The maximum atomic E-state index is 11.7. The lowest BCUT2D eigenvalue weighted by atomic mass is 10.3. The van der Waals surface area contributed by atoms with E-state index in [9.17, 15) is 4.79 Å². The second-order valence-electron chi connectivity index (χ2n) is 3.38. The Kier molecular flexibility index (Phi) is 2.15. The van der Waals surface area contributed by atoms with Crippen molar-refractivity contribution in [1.82, 2.24) is 25.2 Å². The van der Waals surface area contributed by atoms with Crippen molar-refractivity contribution in [2.24, 2.45) is 0 Å². The highest BCUT2D eigenvalue weighted by Gasteiger charge is 2.13. The summed E-state index contributed by atoms with van der Waals surface area (Å²) in [6.07, 6.45) is 0. The molecular weight excluding hydrogens is 242 g/mol. The van der Waals surface area contributed by atoms with Gasteiger partial charge in [-0.05, 0) is 12.1 Å². The summed E-state index contributed by atoms with van der Waals surface area (Å²) in [5.74, 6) is 0. The highest BCUT2D eigenvalue weighted by molar-refractivity contribution is 6.33. The minimum absolute atomic E-state index is 0.127. The van der Waals surface area contributed by atoms with Gasteiger partial charge in [0.1, 0.15) is 0 Å². The standard InChI is InChI=1S/C10H6ClN5O/c11-9-7-8(10(17)14-13-9)16(15-12-7)6-4-2-1-3-5-6/h1-5H,(H,14,17). The molecule has 2 aromatic heterocycles. The van der Waals surface area contributed by atoms with Crippen LogP contribution in [0.1, 0.15) is 0 Å². The van der Waals surface area contributed by atoms with Crippen molar-refractivity contribution in [3.63, 3.8) is 0 Å². The van der Waals surface area contributed by atoms with Crippen LogP contribution >= 0.6 is 11.6 Å². The summed E-state index contributed by atoms with van der Waals surface area (Å²) in [6, 6.07) is 9.21. The lowest BCUT2D eigenvalue weighted by Crippen LogP contribution is -2.12. The van der Waals surface area contributed by atoms with Crippen molar-refractivity contribution in [1.29, 1.82) is 0 Å². The molecule has 3 aromatic rings. The highest BCUT2D eigenvalue weighted by atomic mass is 35.5. The number of aromatic amines is 1. The topological polar surface area (TPSA) is 76.5 Å². The predicted molar refractivity (Wildman–Crippen MR) is 62.3 cm³/mol. The van der Waals surface area contributed by atoms with E-state index in [0.717, 1.165) is 5.69 Å². The normalized spacial score (nSPS) is 10.9. The Bertz CT molecular complexity index is 733. The van der Waals surface area contributed by atoms with Crippen molar-refractivity contribution in [2.75, 3.05) is 0 Å². The smallest absolute Gasteiger partial charge is 0.265 e. The number of H-pyrrole nitrogens is 1. The molecule has 84 valence electrons. The van der Waals surface area contributed by atoms with Gasteiger partial charge in [-0.15, -0.1) is 5.10 Å². The zero-order valence-electron chi connectivity index (χ0n) is 8.46. The van der Waals surface area contributed by atoms with Gasteiger partial charge in [-0.1, -0.05) is 35.0 Å². The van der Waals surface area contributed by atoms with Gasteiger partial charge in [-0.25, -0.2) is 9.78 Å². The number of nitrogens with zero attached hydrogens (tertiary/aromatic N) is 4. The number of nitrogens with one attached hydrogen (secondary N) is 1. The Morgan fingerprint density at radius 1 is 1.24 bits per heavy atom. The maximum Gasteiger partial charge on any atom is 0.292 e. The van der Waals surface area contributed by atoms with E-state index in [4.69, 9.17) is 11.6 Å². The van der Waals surface area contributed by atoms with Crippen LogP contribution in [0.15, 0.2) is 35.1 Å². The summed E-state index contributed by atoms with van der Waals surface area (Å²) in [4.78, 5) is 11.7. The van der Waals surface area contributed by atoms with Gasteiger partial charge in [0.05, 0.1) is 5.69 Å². The molecule has 3 rings (SSSR count). The number of benzene rings is 1. The Morgan fingerprint density at radius 2 is 2.00 bits per heavy atom. The molecule has 0 radical (unpaired) electrons. The molecular formula is C10H6ClN5O. The molecule has 0 spiro atoms. The first-order valence-electron chi connectivity index (χ1n) is 4.82. The van der Waals surface area contributed by atoms with E-state index in [1.54, 1.807) is 0 Å². The molecule has 0 fully saturated rings. The molecule has 0 saturated heterocycles. The number of para-hydroxylation sites is 1. The summed E-state index contributed by atoms with van der Waals surface area (Å²) in [7, 11) is 0. The average Bonchev–Trinajstić information content (AvgIpc) is 2.81. The summed E-state index contributed by atoms with van der Waals surface area (Å²) in [5.41, 5.74) is 0.941. The Hall–Kier alpha value is -2.21. The molecule has 0 unspecified atom stereocenters. The van der Waals surface area contributed by atoms with E-state index in [1.165, 1.54) is 4.68 Å². The number of hydrogen-bond donors (Lipinski definition) is 1. The second-order valence-corrected chi connectivity index (χ2v) is 3.74. The molecule has 1 N–H and O–H groups in total. The molecule has 0 aliphatic carbocycles. The molecule has 0 atom stereocenters. The van der Waals surface area contributed by atoms with Gasteiger partial charge in [0.15, 0.2) is 16.2 Å². The molecule has 0 aliphatic rings. The van der Waals surface area contributed by atoms with E-state index >= 15 is 0 Å². The average molecular weight is 248 g/mol. The first-order valence-corrected chi connectivity index (χ1v) is 5.20. The third-order valence-corrected chi connectivity index (χ3v) is 2.60. The molecule has 1 aromatic carbocycles. The fourth-order valence-corrected chi connectivity index (χ4v) is 1.75. The fraction of sp³-hybridized carbons (Fsp3) is 0. The number of halogens is 1. The van der Waals surface area contributed by atoms with Crippen molar-refractivity contribution < 1.29 is 0 Å². The molecule has 6 nitrogen and oxygen atoms in total. The summed E-state index contributed by atoms with van der Waals surface area (Å²) < 4.78 is 1.43. The summed E-state index contributed by atoms with van der Waals surface area (Å²) >= 11 is 5.83. The van der Waals surface area contributed by atoms with Crippen LogP contribution in [0, 0.1) is 0 Å². The minimum atomic E-state index is -0.377. The second kappa shape index (κ2) is 3.67. The Labute approximate surface area is 99.8 Å². The van der Waals surface area contributed by atoms with Crippen LogP contribution in [-0.2, 0) is 0 Å². The lowest BCUT2D eigenvalue weighted by molar-refractivity contribution is 0.821. The first kappa shape index (κ1) is 9.98. The van der Waals surface area contributed by atoms with Crippen LogP contribution < -0.4 is 5.56 Å². The number of rotatable bonds is 1.